The molecule has 2 rings (SSSR count). The predicted molar refractivity (Wildman–Crippen MR) is 77.1 cm³/mol. The SMILES string of the molecule is CNCCCN(C)C(=O)C1CNCc2ccccc21. The van der Waals surface area contributed by atoms with Crippen molar-refractivity contribution in [3.8, 4) is 0 Å². The highest BCUT2D eigenvalue weighted by atomic mass is 16.2. The molecule has 104 valence electrons. The topological polar surface area (TPSA) is 44.4 Å². The molecule has 1 aliphatic heterocycles. The summed E-state index contributed by atoms with van der Waals surface area (Å²) in [4.78, 5) is 14.4. The molecule has 1 aromatic carbocycles. The summed E-state index contributed by atoms with van der Waals surface area (Å²) in [6.45, 7) is 3.35. The van der Waals surface area contributed by atoms with Crippen molar-refractivity contribution in [3.63, 3.8) is 0 Å². The van der Waals surface area contributed by atoms with Crippen LogP contribution in [0.1, 0.15) is 23.5 Å². The number of amides is 1. The van der Waals surface area contributed by atoms with Crippen molar-refractivity contribution in [1.82, 2.24) is 15.5 Å². The lowest BCUT2D eigenvalue weighted by atomic mass is 9.90. The number of nitrogens with one attached hydrogen (secondary N) is 2. The Kier molecular flexibility index (Phi) is 4.93. The van der Waals surface area contributed by atoms with Crippen LogP contribution in [0.3, 0.4) is 0 Å². The Balaban J connectivity index is 2.04. The first kappa shape index (κ1) is 14.0. The van der Waals surface area contributed by atoms with E-state index in [2.05, 4.69) is 22.8 Å². The van der Waals surface area contributed by atoms with Crippen molar-refractivity contribution in [3.05, 3.63) is 35.4 Å². The van der Waals surface area contributed by atoms with Crippen molar-refractivity contribution >= 4 is 5.91 Å². The molecule has 1 amide bonds. The molecule has 19 heavy (non-hydrogen) atoms. The summed E-state index contributed by atoms with van der Waals surface area (Å²) in [6.07, 6.45) is 0.987. The molecule has 0 saturated heterocycles. The van der Waals surface area contributed by atoms with Crippen LogP contribution in [0.25, 0.3) is 0 Å². The molecule has 1 aliphatic rings. The summed E-state index contributed by atoms with van der Waals surface area (Å²) in [6, 6.07) is 8.23. The van der Waals surface area contributed by atoms with Crippen LogP contribution in [0, 0.1) is 0 Å². The minimum Gasteiger partial charge on any atom is -0.345 e. The second-order valence-electron chi connectivity index (χ2n) is 5.10. The van der Waals surface area contributed by atoms with Gasteiger partial charge in [-0.25, -0.2) is 0 Å². The first-order valence-electron chi connectivity index (χ1n) is 6.92. The number of hydrogen-bond donors (Lipinski definition) is 2. The first-order chi connectivity index (χ1) is 9.24. The van der Waals surface area contributed by atoms with E-state index in [0.717, 1.165) is 32.6 Å². The van der Waals surface area contributed by atoms with E-state index in [9.17, 15) is 4.79 Å². The Morgan fingerprint density at radius 1 is 1.47 bits per heavy atom. The summed E-state index contributed by atoms with van der Waals surface area (Å²) < 4.78 is 0. The van der Waals surface area contributed by atoms with Gasteiger partial charge in [0.05, 0.1) is 5.92 Å². The van der Waals surface area contributed by atoms with Gasteiger partial charge < -0.3 is 15.5 Å². The number of rotatable bonds is 5. The van der Waals surface area contributed by atoms with Crippen LogP contribution in [-0.2, 0) is 11.3 Å². The molecule has 0 spiro atoms. The molecule has 1 aromatic rings. The summed E-state index contributed by atoms with van der Waals surface area (Å²) in [7, 11) is 3.83. The van der Waals surface area contributed by atoms with Gasteiger partial charge in [-0.1, -0.05) is 24.3 Å². The summed E-state index contributed by atoms with van der Waals surface area (Å²) in [5.74, 6) is 0.181. The van der Waals surface area contributed by atoms with Gasteiger partial charge in [0.15, 0.2) is 0 Å². The number of likely N-dealkylation sites (N-methyl/N-ethyl adjacent to an activating group) is 1. The predicted octanol–water partition coefficient (Wildman–Crippen LogP) is 0.941. The third-order valence-electron chi connectivity index (χ3n) is 3.69. The smallest absolute Gasteiger partial charge is 0.231 e. The second-order valence-corrected chi connectivity index (χ2v) is 5.10. The second kappa shape index (κ2) is 6.68. The van der Waals surface area contributed by atoms with Gasteiger partial charge in [-0.15, -0.1) is 0 Å². The van der Waals surface area contributed by atoms with Crippen LogP contribution in [0.2, 0.25) is 0 Å². The Bertz CT molecular complexity index is 433. The van der Waals surface area contributed by atoms with Gasteiger partial charge in [0.1, 0.15) is 0 Å². The molecule has 1 atom stereocenters. The Hall–Kier alpha value is -1.39. The van der Waals surface area contributed by atoms with E-state index in [4.69, 9.17) is 0 Å². The molecule has 1 unspecified atom stereocenters. The molecule has 0 bridgehead atoms. The molecule has 4 heteroatoms. The van der Waals surface area contributed by atoms with Crippen molar-refractivity contribution in [2.45, 2.75) is 18.9 Å². The van der Waals surface area contributed by atoms with Gasteiger partial charge >= 0.3 is 0 Å². The van der Waals surface area contributed by atoms with Crippen molar-refractivity contribution < 1.29 is 4.79 Å². The molecule has 0 saturated carbocycles. The molecule has 1 heterocycles. The lowest BCUT2D eigenvalue weighted by molar-refractivity contribution is -0.131. The quantitative estimate of drug-likeness (QED) is 0.775. The van der Waals surface area contributed by atoms with Gasteiger partial charge in [-0.05, 0) is 31.1 Å². The summed E-state index contributed by atoms with van der Waals surface area (Å²) >= 11 is 0. The number of carbonyl (C=O) groups excluding carboxylic acids is 1. The van der Waals surface area contributed by atoms with Gasteiger partial charge in [-0.3, -0.25) is 4.79 Å². The zero-order chi connectivity index (χ0) is 13.7. The van der Waals surface area contributed by atoms with Crippen LogP contribution in [-0.4, -0.2) is 44.5 Å². The van der Waals surface area contributed by atoms with Crippen molar-refractivity contribution in [2.75, 3.05) is 33.7 Å². The van der Waals surface area contributed by atoms with Crippen molar-refractivity contribution in [1.29, 1.82) is 0 Å². The molecule has 0 aromatic heterocycles. The van der Waals surface area contributed by atoms with E-state index in [0.29, 0.717) is 0 Å². The zero-order valence-electron chi connectivity index (χ0n) is 11.8. The van der Waals surface area contributed by atoms with Crippen LogP contribution < -0.4 is 10.6 Å². The fourth-order valence-corrected chi connectivity index (χ4v) is 2.59. The van der Waals surface area contributed by atoms with Gasteiger partial charge in [0.25, 0.3) is 0 Å². The molecular weight excluding hydrogens is 238 g/mol. The number of fused-ring (bicyclic) bond motifs is 1. The number of nitrogens with zero attached hydrogens (tertiary/aromatic N) is 1. The fraction of sp³-hybridized carbons (Fsp3) is 0.533. The van der Waals surface area contributed by atoms with Crippen molar-refractivity contribution in [2.24, 2.45) is 0 Å². The maximum atomic E-state index is 12.5. The molecule has 4 nitrogen and oxygen atoms in total. The summed E-state index contributed by atoms with van der Waals surface area (Å²) in [5, 5.41) is 6.44. The Morgan fingerprint density at radius 3 is 3.05 bits per heavy atom. The Morgan fingerprint density at radius 2 is 2.26 bits per heavy atom. The fourth-order valence-electron chi connectivity index (χ4n) is 2.59. The van der Waals surface area contributed by atoms with Crippen LogP contribution in [0.5, 0.6) is 0 Å². The lowest BCUT2D eigenvalue weighted by Gasteiger charge is -2.29. The van der Waals surface area contributed by atoms with E-state index >= 15 is 0 Å². The van der Waals surface area contributed by atoms with E-state index in [1.165, 1.54) is 11.1 Å². The van der Waals surface area contributed by atoms with E-state index < -0.39 is 0 Å². The average Bonchev–Trinajstić information content (AvgIpc) is 2.46. The van der Waals surface area contributed by atoms with E-state index in [1.807, 2.05) is 31.1 Å². The minimum absolute atomic E-state index is 0.0375. The normalized spacial score (nSPS) is 17.9. The number of hydrogen-bond acceptors (Lipinski definition) is 3. The molecule has 0 radical (unpaired) electrons. The monoisotopic (exact) mass is 261 g/mol. The molecule has 0 fully saturated rings. The third kappa shape index (κ3) is 3.33. The van der Waals surface area contributed by atoms with Crippen LogP contribution in [0.4, 0.5) is 0 Å². The van der Waals surface area contributed by atoms with E-state index in [-0.39, 0.29) is 11.8 Å². The Labute approximate surface area is 115 Å². The van der Waals surface area contributed by atoms with Gasteiger partial charge in [0.2, 0.25) is 5.91 Å². The summed E-state index contributed by atoms with van der Waals surface area (Å²) in [5.41, 5.74) is 2.43. The maximum Gasteiger partial charge on any atom is 0.231 e. The zero-order valence-corrected chi connectivity index (χ0v) is 11.8. The molecule has 0 aliphatic carbocycles. The van der Waals surface area contributed by atoms with Gasteiger partial charge in [0, 0.05) is 26.7 Å². The molecular formula is C15H23N3O. The van der Waals surface area contributed by atoms with Crippen LogP contribution >= 0.6 is 0 Å². The third-order valence-corrected chi connectivity index (χ3v) is 3.69. The minimum atomic E-state index is -0.0375. The first-order valence-corrected chi connectivity index (χ1v) is 6.92. The average molecular weight is 261 g/mol. The van der Waals surface area contributed by atoms with Gasteiger partial charge in [-0.2, -0.15) is 0 Å². The highest BCUT2D eigenvalue weighted by molar-refractivity contribution is 5.84. The highest BCUT2D eigenvalue weighted by Gasteiger charge is 2.27. The highest BCUT2D eigenvalue weighted by Crippen LogP contribution is 2.25. The molecule has 2 N–H and O–H groups in total. The number of benzene rings is 1. The maximum absolute atomic E-state index is 12.5. The van der Waals surface area contributed by atoms with E-state index in [1.54, 1.807) is 0 Å². The lowest BCUT2D eigenvalue weighted by Crippen LogP contribution is -2.40. The largest absolute Gasteiger partial charge is 0.345 e. The van der Waals surface area contributed by atoms with Crippen LogP contribution in [0.15, 0.2) is 24.3 Å². The number of carbonyl (C=O) groups is 1. The standard InChI is InChI=1S/C15H23N3O/c1-16-8-5-9-18(2)15(19)14-11-17-10-12-6-3-4-7-13(12)14/h3-4,6-7,14,16-17H,5,8-11H2,1-2H3.